The molecule has 78 valence electrons. The van der Waals surface area contributed by atoms with Crippen LogP contribution in [-0.2, 0) is 21.9 Å². The van der Waals surface area contributed by atoms with Crippen LogP contribution in [0.4, 0.5) is 0 Å². The van der Waals surface area contributed by atoms with Gasteiger partial charge in [0.2, 0.25) is 0 Å². The first-order valence-corrected chi connectivity index (χ1v) is 4.26. The molecule has 1 aromatic rings. The van der Waals surface area contributed by atoms with Crippen molar-refractivity contribution in [3.8, 4) is 0 Å². The Bertz CT molecular complexity index is 313. The van der Waals surface area contributed by atoms with Crippen LogP contribution in [-0.4, -0.2) is 14.2 Å². The highest BCUT2D eigenvalue weighted by Gasteiger charge is 2.38. The summed E-state index contributed by atoms with van der Waals surface area (Å²) < 4.78 is 10.7. The van der Waals surface area contributed by atoms with Gasteiger partial charge in [0.1, 0.15) is 0 Å². The van der Waals surface area contributed by atoms with E-state index < -0.39 is 5.91 Å². The molecule has 0 saturated carbocycles. The van der Waals surface area contributed by atoms with Crippen molar-refractivity contribution < 1.29 is 9.47 Å². The van der Waals surface area contributed by atoms with Crippen LogP contribution >= 0.6 is 12.4 Å². The minimum atomic E-state index is -0.739. The molecule has 0 amide bonds. The largest absolute Gasteiger partial charge is 0.337 e. The number of hydrogen-bond donors (Lipinski definition) is 1. The third-order valence-corrected chi connectivity index (χ3v) is 2.46. The lowest BCUT2D eigenvalue weighted by atomic mass is 10.1. The van der Waals surface area contributed by atoms with Gasteiger partial charge in [-0.3, -0.25) is 5.32 Å². The average molecular weight is 216 g/mol. The van der Waals surface area contributed by atoms with E-state index in [2.05, 4.69) is 11.4 Å². The lowest BCUT2D eigenvalue weighted by Gasteiger charge is -2.26. The first-order chi connectivity index (χ1) is 6.32. The van der Waals surface area contributed by atoms with Gasteiger partial charge in [0, 0.05) is 26.3 Å². The number of hydrogen-bond acceptors (Lipinski definition) is 3. The van der Waals surface area contributed by atoms with Gasteiger partial charge in [-0.15, -0.1) is 12.4 Å². The molecular formula is C10H14ClNO2. The summed E-state index contributed by atoms with van der Waals surface area (Å²) in [6, 6.07) is 8.09. The number of rotatable bonds is 2. The Morgan fingerprint density at radius 1 is 1.21 bits per heavy atom. The molecule has 0 bridgehead atoms. The zero-order valence-electron chi connectivity index (χ0n) is 8.24. The van der Waals surface area contributed by atoms with Crippen LogP contribution in [0.25, 0.3) is 0 Å². The van der Waals surface area contributed by atoms with E-state index >= 15 is 0 Å². The van der Waals surface area contributed by atoms with Crippen molar-refractivity contribution in [3.05, 3.63) is 35.4 Å². The minimum Gasteiger partial charge on any atom is -0.337 e. The van der Waals surface area contributed by atoms with E-state index in [4.69, 9.17) is 9.47 Å². The van der Waals surface area contributed by atoms with Gasteiger partial charge >= 0.3 is 0 Å². The molecule has 3 nitrogen and oxygen atoms in total. The molecule has 1 aliphatic heterocycles. The standard InChI is InChI=1S/C10H13NO2.ClH/c1-12-10(13-2)9-6-4-3-5-8(9)7-11-10;/h3-6,11H,7H2,1-2H3;1H. The molecule has 0 aromatic heterocycles. The van der Waals surface area contributed by atoms with E-state index in [1.165, 1.54) is 5.56 Å². The quantitative estimate of drug-likeness (QED) is 0.761. The maximum atomic E-state index is 5.34. The lowest BCUT2D eigenvalue weighted by molar-refractivity contribution is -0.232. The van der Waals surface area contributed by atoms with Gasteiger partial charge in [-0.2, -0.15) is 0 Å². The zero-order valence-corrected chi connectivity index (χ0v) is 9.06. The van der Waals surface area contributed by atoms with Crippen molar-refractivity contribution in [2.45, 2.75) is 12.5 Å². The van der Waals surface area contributed by atoms with Crippen molar-refractivity contribution in [2.75, 3.05) is 14.2 Å². The molecule has 0 aliphatic carbocycles. The first kappa shape index (κ1) is 11.5. The SMILES string of the molecule is COC1(OC)NCc2ccccc21.Cl. The second kappa shape index (κ2) is 4.28. The van der Waals surface area contributed by atoms with E-state index in [-0.39, 0.29) is 12.4 Å². The fourth-order valence-corrected chi connectivity index (χ4v) is 1.75. The molecule has 2 rings (SSSR count). The average Bonchev–Trinajstić information content (AvgIpc) is 2.58. The summed E-state index contributed by atoms with van der Waals surface area (Å²) in [6.45, 7) is 0.790. The van der Waals surface area contributed by atoms with E-state index in [1.54, 1.807) is 14.2 Å². The van der Waals surface area contributed by atoms with E-state index in [9.17, 15) is 0 Å². The number of nitrogens with one attached hydrogen (secondary N) is 1. The molecule has 0 fully saturated rings. The third kappa shape index (κ3) is 1.53. The van der Waals surface area contributed by atoms with Gasteiger partial charge in [0.05, 0.1) is 0 Å². The highest BCUT2D eigenvalue weighted by Crippen LogP contribution is 2.31. The van der Waals surface area contributed by atoms with Crippen molar-refractivity contribution in [1.29, 1.82) is 0 Å². The van der Waals surface area contributed by atoms with Crippen LogP contribution in [0.1, 0.15) is 11.1 Å². The van der Waals surface area contributed by atoms with Gasteiger partial charge in [0.25, 0.3) is 5.91 Å². The molecule has 14 heavy (non-hydrogen) atoms. The maximum absolute atomic E-state index is 5.34. The number of ether oxygens (including phenoxy) is 2. The lowest BCUT2D eigenvalue weighted by Crippen LogP contribution is -2.40. The Morgan fingerprint density at radius 3 is 2.50 bits per heavy atom. The summed E-state index contributed by atoms with van der Waals surface area (Å²) in [6.07, 6.45) is 0. The van der Waals surface area contributed by atoms with Crippen LogP contribution in [0.15, 0.2) is 24.3 Å². The van der Waals surface area contributed by atoms with Crippen LogP contribution < -0.4 is 5.32 Å². The second-order valence-corrected chi connectivity index (χ2v) is 3.04. The second-order valence-electron chi connectivity index (χ2n) is 3.04. The molecular weight excluding hydrogens is 202 g/mol. The van der Waals surface area contributed by atoms with Crippen LogP contribution in [0.5, 0.6) is 0 Å². The molecule has 1 aliphatic rings. The molecule has 0 atom stereocenters. The Labute approximate surface area is 89.8 Å². The summed E-state index contributed by atoms with van der Waals surface area (Å²) in [4.78, 5) is 0. The summed E-state index contributed by atoms with van der Waals surface area (Å²) in [5, 5.41) is 3.19. The fourth-order valence-electron chi connectivity index (χ4n) is 1.75. The van der Waals surface area contributed by atoms with Crippen molar-refractivity contribution >= 4 is 12.4 Å². The van der Waals surface area contributed by atoms with E-state index in [1.807, 2.05) is 18.2 Å². The third-order valence-electron chi connectivity index (χ3n) is 2.46. The summed E-state index contributed by atoms with van der Waals surface area (Å²) in [7, 11) is 3.28. The summed E-state index contributed by atoms with van der Waals surface area (Å²) >= 11 is 0. The normalized spacial score (nSPS) is 17.3. The van der Waals surface area contributed by atoms with E-state index in [0.29, 0.717) is 0 Å². The molecule has 1 N–H and O–H groups in total. The predicted molar refractivity (Wildman–Crippen MR) is 56.2 cm³/mol. The molecule has 1 heterocycles. The van der Waals surface area contributed by atoms with Crippen molar-refractivity contribution in [1.82, 2.24) is 5.32 Å². The van der Waals surface area contributed by atoms with Crippen molar-refractivity contribution in [2.24, 2.45) is 0 Å². The Balaban J connectivity index is 0.000000980. The van der Waals surface area contributed by atoms with E-state index in [0.717, 1.165) is 12.1 Å². The topological polar surface area (TPSA) is 30.5 Å². The zero-order chi connectivity index (χ0) is 9.31. The molecule has 1 aromatic carbocycles. The summed E-state index contributed by atoms with van der Waals surface area (Å²) in [5.41, 5.74) is 2.30. The number of benzene rings is 1. The molecule has 0 spiro atoms. The highest BCUT2D eigenvalue weighted by molar-refractivity contribution is 5.85. The molecule has 0 unspecified atom stereocenters. The van der Waals surface area contributed by atoms with Gasteiger partial charge in [-0.05, 0) is 5.56 Å². The fraction of sp³-hybridized carbons (Fsp3) is 0.400. The number of halogens is 1. The molecule has 0 radical (unpaired) electrons. The van der Waals surface area contributed by atoms with Gasteiger partial charge in [0.15, 0.2) is 0 Å². The molecule has 0 saturated heterocycles. The van der Waals surface area contributed by atoms with Crippen LogP contribution in [0.2, 0.25) is 0 Å². The highest BCUT2D eigenvalue weighted by atomic mass is 35.5. The summed E-state index contributed by atoms with van der Waals surface area (Å²) in [5.74, 6) is -0.739. The number of fused-ring (bicyclic) bond motifs is 1. The molecule has 4 heteroatoms. The first-order valence-electron chi connectivity index (χ1n) is 4.26. The minimum absolute atomic E-state index is 0. The predicted octanol–water partition coefficient (Wildman–Crippen LogP) is 1.61. The van der Waals surface area contributed by atoms with Crippen molar-refractivity contribution in [3.63, 3.8) is 0 Å². The van der Waals surface area contributed by atoms with Crippen LogP contribution in [0.3, 0.4) is 0 Å². The Hall–Kier alpha value is -0.610. The van der Waals surface area contributed by atoms with Gasteiger partial charge in [-0.25, -0.2) is 0 Å². The Morgan fingerprint density at radius 2 is 1.86 bits per heavy atom. The monoisotopic (exact) mass is 215 g/mol. The number of methoxy groups -OCH3 is 2. The van der Waals surface area contributed by atoms with Gasteiger partial charge in [-0.1, -0.05) is 24.3 Å². The smallest absolute Gasteiger partial charge is 0.255 e. The van der Waals surface area contributed by atoms with Crippen LogP contribution in [0, 0.1) is 0 Å². The van der Waals surface area contributed by atoms with Gasteiger partial charge < -0.3 is 9.47 Å². The Kier molecular flexibility index (Phi) is 3.50. The maximum Gasteiger partial charge on any atom is 0.255 e.